The Labute approximate surface area is 167 Å². The minimum Gasteiger partial charge on any atom is -0.482 e. The fourth-order valence-corrected chi connectivity index (χ4v) is 3.92. The van der Waals surface area contributed by atoms with Crippen LogP contribution in [0.5, 0.6) is 5.75 Å². The monoisotopic (exact) mass is 398 g/mol. The van der Waals surface area contributed by atoms with Crippen molar-refractivity contribution < 1.29 is 24.2 Å². The summed E-state index contributed by atoms with van der Waals surface area (Å²) in [5, 5.41) is 13.4. The maximum Gasteiger partial charge on any atom is 0.339 e. The number of ether oxygens (including phenoxy) is 1. The van der Waals surface area contributed by atoms with Crippen molar-refractivity contribution in [1.82, 2.24) is 14.7 Å². The number of hydrogen-bond acceptors (Lipinski definition) is 5. The molecule has 0 spiro atoms. The van der Waals surface area contributed by atoms with Crippen LogP contribution in [0.15, 0.2) is 30.5 Å². The van der Waals surface area contributed by atoms with Gasteiger partial charge >= 0.3 is 5.97 Å². The standard InChI is InChI=1S/C20H22N4O5/c1-13-15(20(27)28)10-21-24(13)14-6-8-22(9-7-14)18(25)11-23-16-4-2-3-5-17(16)29-12-19(23)26/h2-5,10,14H,6-9,11-12H2,1H3,(H,27,28). The molecule has 0 radical (unpaired) electrons. The smallest absolute Gasteiger partial charge is 0.339 e. The normalized spacial score (nSPS) is 17.1. The number of carbonyl (C=O) groups excluding carboxylic acids is 2. The van der Waals surface area contributed by atoms with Crippen LogP contribution in [-0.4, -0.2) is 63.8 Å². The molecule has 0 saturated carbocycles. The van der Waals surface area contributed by atoms with Gasteiger partial charge in [0.25, 0.3) is 5.91 Å². The van der Waals surface area contributed by atoms with E-state index in [1.54, 1.807) is 28.6 Å². The zero-order chi connectivity index (χ0) is 20.5. The Morgan fingerprint density at radius 1 is 1.24 bits per heavy atom. The Bertz CT molecular complexity index is 962. The Kier molecular flexibility index (Phi) is 4.96. The van der Waals surface area contributed by atoms with E-state index in [0.29, 0.717) is 43.1 Å². The van der Waals surface area contributed by atoms with Crippen molar-refractivity contribution in [2.45, 2.75) is 25.8 Å². The first kappa shape index (κ1) is 19.0. The summed E-state index contributed by atoms with van der Waals surface area (Å²) >= 11 is 0. The summed E-state index contributed by atoms with van der Waals surface area (Å²) in [6.07, 6.45) is 2.73. The summed E-state index contributed by atoms with van der Waals surface area (Å²) in [4.78, 5) is 39.5. The number of hydrogen-bond donors (Lipinski definition) is 1. The highest BCUT2D eigenvalue weighted by molar-refractivity contribution is 6.02. The number of para-hydroxylation sites is 2. The van der Waals surface area contributed by atoms with E-state index in [9.17, 15) is 19.5 Å². The molecule has 1 fully saturated rings. The lowest BCUT2D eigenvalue weighted by Crippen LogP contribution is -2.48. The van der Waals surface area contributed by atoms with Crippen molar-refractivity contribution >= 4 is 23.5 Å². The van der Waals surface area contributed by atoms with Crippen LogP contribution >= 0.6 is 0 Å². The van der Waals surface area contributed by atoms with Gasteiger partial charge in [0.1, 0.15) is 17.9 Å². The van der Waals surface area contributed by atoms with Crippen LogP contribution in [0.25, 0.3) is 0 Å². The molecule has 2 aliphatic heterocycles. The first-order valence-corrected chi connectivity index (χ1v) is 9.53. The maximum absolute atomic E-state index is 12.8. The molecule has 1 N–H and O–H groups in total. The van der Waals surface area contributed by atoms with Gasteiger partial charge in [-0.05, 0) is 31.9 Å². The number of nitrogens with zero attached hydrogens (tertiary/aromatic N) is 4. The first-order chi connectivity index (χ1) is 14.0. The number of anilines is 1. The molecule has 1 aromatic heterocycles. The van der Waals surface area contributed by atoms with Crippen LogP contribution in [0, 0.1) is 6.92 Å². The minimum atomic E-state index is -0.989. The summed E-state index contributed by atoms with van der Waals surface area (Å²) in [6, 6.07) is 7.24. The molecule has 3 heterocycles. The number of aromatic carboxylic acids is 1. The fraction of sp³-hybridized carbons (Fsp3) is 0.400. The summed E-state index contributed by atoms with van der Waals surface area (Å²) < 4.78 is 7.16. The lowest BCUT2D eigenvalue weighted by molar-refractivity contribution is -0.133. The molecule has 2 amide bonds. The van der Waals surface area contributed by atoms with Crippen LogP contribution in [0.3, 0.4) is 0 Å². The lowest BCUT2D eigenvalue weighted by Gasteiger charge is -2.35. The second-order valence-corrected chi connectivity index (χ2v) is 7.24. The molecule has 0 bridgehead atoms. The summed E-state index contributed by atoms with van der Waals surface area (Å²) in [7, 11) is 0. The van der Waals surface area contributed by atoms with E-state index in [1.807, 2.05) is 12.1 Å². The predicted octanol–water partition coefficient (Wildman–Crippen LogP) is 1.48. The van der Waals surface area contributed by atoms with Gasteiger partial charge in [0.15, 0.2) is 6.61 Å². The highest BCUT2D eigenvalue weighted by Gasteiger charge is 2.31. The number of piperidine rings is 1. The lowest BCUT2D eigenvalue weighted by atomic mass is 10.0. The quantitative estimate of drug-likeness (QED) is 0.836. The second-order valence-electron chi connectivity index (χ2n) is 7.24. The van der Waals surface area contributed by atoms with Gasteiger partial charge in [-0.25, -0.2) is 4.79 Å². The van der Waals surface area contributed by atoms with Crippen molar-refractivity contribution in [2.24, 2.45) is 0 Å². The molecule has 9 heteroatoms. The number of carboxylic acid groups (broad SMARTS) is 1. The Hall–Kier alpha value is -3.36. The van der Waals surface area contributed by atoms with Crippen molar-refractivity contribution in [3.05, 3.63) is 41.7 Å². The highest BCUT2D eigenvalue weighted by Crippen LogP contribution is 2.31. The molecule has 4 rings (SSSR count). The van der Waals surface area contributed by atoms with Gasteiger partial charge in [0.2, 0.25) is 5.91 Å². The van der Waals surface area contributed by atoms with Crippen LogP contribution in [0.2, 0.25) is 0 Å². The van der Waals surface area contributed by atoms with Gasteiger partial charge < -0.3 is 14.7 Å². The molecule has 0 aliphatic carbocycles. The SMILES string of the molecule is Cc1c(C(=O)O)cnn1C1CCN(C(=O)CN2C(=O)COc3ccccc32)CC1. The molecule has 1 saturated heterocycles. The van der Waals surface area contributed by atoms with Crippen LogP contribution < -0.4 is 9.64 Å². The van der Waals surface area contributed by atoms with E-state index >= 15 is 0 Å². The average Bonchev–Trinajstić information content (AvgIpc) is 3.12. The van der Waals surface area contributed by atoms with Gasteiger partial charge in [0.05, 0.1) is 23.6 Å². The molecule has 2 aromatic rings. The van der Waals surface area contributed by atoms with Gasteiger partial charge in [-0.3, -0.25) is 19.2 Å². The fourth-order valence-electron chi connectivity index (χ4n) is 3.92. The number of carboxylic acids is 1. The van der Waals surface area contributed by atoms with Gasteiger partial charge in [0, 0.05) is 13.1 Å². The van der Waals surface area contributed by atoms with Crippen LogP contribution in [0.1, 0.15) is 34.9 Å². The summed E-state index contributed by atoms with van der Waals surface area (Å²) in [5.41, 5.74) is 1.44. The third-order valence-electron chi connectivity index (χ3n) is 5.54. The number of benzene rings is 1. The van der Waals surface area contributed by atoms with Crippen molar-refractivity contribution in [3.63, 3.8) is 0 Å². The van der Waals surface area contributed by atoms with E-state index in [2.05, 4.69) is 5.10 Å². The molecular formula is C20H22N4O5. The maximum atomic E-state index is 12.8. The zero-order valence-corrected chi connectivity index (χ0v) is 16.1. The van der Waals surface area contributed by atoms with Gasteiger partial charge in [-0.15, -0.1) is 0 Å². The van der Waals surface area contributed by atoms with Crippen molar-refractivity contribution in [1.29, 1.82) is 0 Å². The number of rotatable bonds is 4. The molecular weight excluding hydrogens is 376 g/mol. The molecule has 2 aliphatic rings. The number of amides is 2. The Morgan fingerprint density at radius 2 is 1.97 bits per heavy atom. The summed E-state index contributed by atoms with van der Waals surface area (Å²) in [6.45, 7) is 2.72. The van der Waals surface area contributed by atoms with Gasteiger partial charge in [-0.2, -0.15) is 5.10 Å². The van der Waals surface area contributed by atoms with Crippen molar-refractivity contribution in [2.75, 3.05) is 31.1 Å². The molecule has 0 atom stereocenters. The number of fused-ring (bicyclic) bond motifs is 1. The first-order valence-electron chi connectivity index (χ1n) is 9.53. The molecule has 29 heavy (non-hydrogen) atoms. The summed E-state index contributed by atoms with van der Waals surface area (Å²) in [5.74, 6) is -0.740. The molecule has 9 nitrogen and oxygen atoms in total. The molecule has 1 aromatic carbocycles. The predicted molar refractivity (Wildman–Crippen MR) is 103 cm³/mol. The minimum absolute atomic E-state index is 0.0200. The second kappa shape index (κ2) is 7.57. The molecule has 0 unspecified atom stereocenters. The Morgan fingerprint density at radius 3 is 2.66 bits per heavy atom. The van der Waals surface area contributed by atoms with Gasteiger partial charge in [-0.1, -0.05) is 12.1 Å². The third-order valence-corrected chi connectivity index (χ3v) is 5.54. The number of aromatic nitrogens is 2. The van der Waals surface area contributed by atoms with E-state index in [0.717, 1.165) is 0 Å². The average molecular weight is 398 g/mol. The number of likely N-dealkylation sites (tertiary alicyclic amines) is 1. The Balaban J connectivity index is 1.40. The van der Waals surface area contributed by atoms with E-state index in [1.165, 1.54) is 11.1 Å². The topological polar surface area (TPSA) is 105 Å². The third kappa shape index (κ3) is 3.55. The van der Waals surface area contributed by atoms with E-state index in [4.69, 9.17) is 4.74 Å². The van der Waals surface area contributed by atoms with Crippen LogP contribution in [-0.2, 0) is 9.59 Å². The zero-order valence-electron chi connectivity index (χ0n) is 16.1. The van der Waals surface area contributed by atoms with E-state index < -0.39 is 5.97 Å². The van der Waals surface area contributed by atoms with E-state index in [-0.39, 0.29) is 36.6 Å². The van der Waals surface area contributed by atoms with Crippen molar-refractivity contribution in [3.8, 4) is 5.75 Å². The molecule has 152 valence electrons. The largest absolute Gasteiger partial charge is 0.482 e. The highest BCUT2D eigenvalue weighted by atomic mass is 16.5. The number of carbonyl (C=O) groups is 3. The van der Waals surface area contributed by atoms with Crippen LogP contribution in [0.4, 0.5) is 5.69 Å².